The molecule has 0 spiro atoms. The second-order valence-corrected chi connectivity index (χ2v) is 7.51. The van der Waals surface area contributed by atoms with Crippen LogP contribution in [0.2, 0.25) is 5.02 Å². The van der Waals surface area contributed by atoms with E-state index in [-0.39, 0.29) is 17.1 Å². The van der Waals surface area contributed by atoms with E-state index in [9.17, 15) is 4.79 Å². The number of hydrogen-bond acceptors (Lipinski definition) is 5. The first-order valence-electron chi connectivity index (χ1n) is 8.66. The molecule has 0 radical (unpaired) electrons. The molecule has 0 saturated carbocycles. The summed E-state index contributed by atoms with van der Waals surface area (Å²) in [6, 6.07) is 18.4. The maximum absolute atomic E-state index is 12.8. The van der Waals surface area contributed by atoms with E-state index in [0.717, 1.165) is 15.6 Å². The monoisotopic (exact) mass is 471 g/mol. The van der Waals surface area contributed by atoms with Gasteiger partial charge in [-0.1, -0.05) is 63.0 Å². The van der Waals surface area contributed by atoms with Crippen LogP contribution in [0.4, 0.5) is 5.88 Å². The zero-order valence-electron chi connectivity index (χ0n) is 15.0. The summed E-state index contributed by atoms with van der Waals surface area (Å²) in [7, 11) is 0. The van der Waals surface area contributed by atoms with Crippen molar-refractivity contribution < 1.29 is 13.7 Å². The lowest BCUT2D eigenvalue weighted by Gasteiger charge is -2.07. The van der Waals surface area contributed by atoms with Crippen LogP contribution in [-0.2, 0) is 6.54 Å². The first kappa shape index (κ1) is 19.3. The fraction of sp³-hybridized carbons (Fsp3) is 0.0476. The number of hydrogen-bond donors (Lipinski definition) is 2. The zero-order chi connectivity index (χ0) is 20.4. The first-order valence-corrected chi connectivity index (χ1v) is 9.83. The number of benzene rings is 2. The van der Waals surface area contributed by atoms with Gasteiger partial charge in [-0.25, -0.2) is 0 Å². The van der Waals surface area contributed by atoms with Gasteiger partial charge in [-0.15, -0.1) is 0 Å². The lowest BCUT2D eigenvalue weighted by Crippen LogP contribution is -2.24. The number of furan rings is 1. The number of amides is 1. The minimum absolute atomic E-state index is 0.0784. The molecule has 2 heterocycles. The Morgan fingerprint density at radius 3 is 2.69 bits per heavy atom. The van der Waals surface area contributed by atoms with Crippen molar-refractivity contribution in [3.05, 3.63) is 81.3 Å². The average Bonchev–Trinajstić information content (AvgIpc) is 3.34. The lowest BCUT2D eigenvalue weighted by atomic mass is 10.1. The second kappa shape index (κ2) is 8.14. The molecule has 3 N–H and O–H groups in total. The number of halogens is 2. The van der Waals surface area contributed by atoms with Crippen LogP contribution in [0.5, 0.6) is 0 Å². The molecule has 0 saturated heterocycles. The summed E-state index contributed by atoms with van der Waals surface area (Å²) in [5.41, 5.74) is 7.96. The summed E-state index contributed by atoms with van der Waals surface area (Å²) >= 11 is 9.50. The highest BCUT2D eigenvalue weighted by molar-refractivity contribution is 9.10. The molecule has 146 valence electrons. The third-order valence-corrected chi connectivity index (χ3v) is 5.30. The van der Waals surface area contributed by atoms with Gasteiger partial charge >= 0.3 is 0 Å². The smallest absolute Gasteiger partial charge is 0.259 e. The van der Waals surface area contributed by atoms with Crippen molar-refractivity contribution in [2.45, 2.75) is 6.54 Å². The topological polar surface area (TPSA) is 94.3 Å². The number of nitrogens with zero attached hydrogens (tertiary/aromatic N) is 1. The van der Waals surface area contributed by atoms with Crippen LogP contribution in [0.25, 0.3) is 22.8 Å². The Labute approximate surface area is 179 Å². The van der Waals surface area contributed by atoms with Gasteiger partial charge < -0.3 is 20.0 Å². The molecule has 2 aromatic carbocycles. The average molecular weight is 473 g/mol. The highest BCUT2D eigenvalue weighted by Crippen LogP contribution is 2.32. The molecular weight excluding hydrogens is 458 g/mol. The van der Waals surface area contributed by atoms with E-state index in [1.54, 1.807) is 24.3 Å². The second-order valence-electron chi connectivity index (χ2n) is 6.22. The molecule has 4 rings (SSSR count). The van der Waals surface area contributed by atoms with Gasteiger partial charge in [-0.05, 0) is 35.9 Å². The van der Waals surface area contributed by atoms with Gasteiger partial charge in [-0.3, -0.25) is 4.79 Å². The lowest BCUT2D eigenvalue weighted by molar-refractivity contribution is 0.0952. The van der Waals surface area contributed by atoms with Gasteiger partial charge in [-0.2, -0.15) is 0 Å². The van der Waals surface area contributed by atoms with Gasteiger partial charge in [0, 0.05) is 21.6 Å². The van der Waals surface area contributed by atoms with Crippen molar-refractivity contribution in [3.8, 4) is 22.8 Å². The molecule has 4 aromatic rings. The molecule has 6 nitrogen and oxygen atoms in total. The summed E-state index contributed by atoms with van der Waals surface area (Å²) in [6.45, 7) is 0.316. The molecule has 0 atom stereocenters. The fourth-order valence-electron chi connectivity index (χ4n) is 2.86. The van der Waals surface area contributed by atoms with Crippen molar-refractivity contribution in [1.29, 1.82) is 0 Å². The van der Waals surface area contributed by atoms with E-state index >= 15 is 0 Å². The standard InChI is InChI=1S/C21H15BrClN3O3/c22-15-7-2-1-4-13(15)11-25-21(27)18-19(26-29-20(18)24)17-9-8-16(28-17)12-5-3-6-14(23)10-12/h1-10H,11,24H2,(H,25,27). The van der Waals surface area contributed by atoms with Crippen LogP contribution in [0.15, 0.2) is 74.1 Å². The predicted molar refractivity (Wildman–Crippen MR) is 114 cm³/mol. The third kappa shape index (κ3) is 4.06. The van der Waals surface area contributed by atoms with E-state index in [0.29, 0.717) is 23.1 Å². The Balaban J connectivity index is 1.59. The van der Waals surface area contributed by atoms with Gasteiger partial charge in [0.25, 0.3) is 5.91 Å². The quantitative estimate of drug-likeness (QED) is 0.398. The molecule has 0 aliphatic rings. The summed E-state index contributed by atoms with van der Waals surface area (Å²) in [6.07, 6.45) is 0. The summed E-state index contributed by atoms with van der Waals surface area (Å²) in [4.78, 5) is 12.8. The van der Waals surface area contributed by atoms with Crippen molar-refractivity contribution in [2.75, 3.05) is 5.73 Å². The van der Waals surface area contributed by atoms with E-state index in [2.05, 4.69) is 26.4 Å². The molecule has 1 amide bonds. The molecule has 0 bridgehead atoms. The maximum atomic E-state index is 12.8. The highest BCUT2D eigenvalue weighted by Gasteiger charge is 2.25. The highest BCUT2D eigenvalue weighted by atomic mass is 79.9. The number of nitrogens with one attached hydrogen (secondary N) is 1. The molecule has 2 aromatic heterocycles. The zero-order valence-corrected chi connectivity index (χ0v) is 17.3. The van der Waals surface area contributed by atoms with E-state index in [1.165, 1.54) is 0 Å². The van der Waals surface area contributed by atoms with Crippen LogP contribution in [-0.4, -0.2) is 11.1 Å². The number of aromatic nitrogens is 1. The number of nitrogens with two attached hydrogens (primary N) is 1. The molecule has 0 aliphatic heterocycles. The molecule has 8 heteroatoms. The minimum atomic E-state index is -0.407. The van der Waals surface area contributed by atoms with Crippen LogP contribution in [0.3, 0.4) is 0 Å². The Morgan fingerprint density at radius 2 is 1.90 bits per heavy atom. The van der Waals surface area contributed by atoms with Gasteiger partial charge in [0.05, 0.1) is 0 Å². The van der Waals surface area contributed by atoms with Gasteiger partial charge in [0.15, 0.2) is 11.5 Å². The van der Waals surface area contributed by atoms with E-state index in [1.807, 2.05) is 36.4 Å². The first-order chi connectivity index (χ1) is 14.0. The van der Waals surface area contributed by atoms with Crippen molar-refractivity contribution in [1.82, 2.24) is 10.5 Å². The summed E-state index contributed by atoms with van der Waals surface area (Å²) in [5.74, 6) is 0.468. The molecule has 0 fully saturated rings. The van der Waals surface area contributed by atoms with Crippen molar-refractivity contribution in [3.63, 3.8) is 0 Å². The maximum Gasteiger partial charge on any atom is 0.259 e. The number of anilines is 1. The number of rotatable bonds is 5. The van der Waals surface area contributed by atoms with Crippen LogP contribution >= 0.6 is 27.5 Å². The third-order valence-electron chi connectivity index (χ3n) is 4.29. The van der Waals surface area contributed by atoms with E-state index in [4.69, 9.17) is 26.3 Å². The largest absolute Gasteiger partial charge is 0.454 e. The fourth-order valence-corrected chi connectivity index (χ4v) is 3.47. The molecule has 29 heavy (non-hydrogen) atoms. The van der Waals surface area contributed by atoms with Crippen molar-refractivity contribution >= 4 is 39.3 Å². The number of carbonyl (C=O) groups is 1. The molecular formula is C21H15BrClN3O3. The Kier molecular flexibility index (Phi) is 5.42. The SMILES string of the molecule is Nc1onc(-c2ccc(-c3cccc(Cl)c3)o2)c1C(=O)NCc1ccccc1Br. The summed E-state index contributed by atoms with van der Waals surface area (Å²) < 4.78 is 11.8. The number of nitrogen functional groups attached to an aromatic ring is 1. The van der Waals surface area contributed by atoms with Gasteiger partial charge in [0.1, 0.15) is 11.3 Å². The van der Waals surface area contributed by atoms with E-state index < -0.39 is 5.91 Å². The Hall–Kier alpha value is -3.03. The molecule has 0 unspecified atom stereocenters. The van der Waals surface area contributed by atoms with Crippen LogP contribution < -0.4 is 11.1 Å². The van der Waals surface area contributed by atoms with Crippen molar-refractivity contribution in [2.24, 2.45) is 0 Å². The predicted octanol–water partition coefficient (Wildman–Crippen LogP) is 5.53. The summed E-state index contributed by atoms with van der Waals surface area (Å²) in [5, 5.41) is 7.34. The minimum Gasteiger partial charge on any atom is -0.454 e. The normalized spacial score (nSPS) is 10.8. The molecule has 0 aliphatic carbocycles. The van der Waals surface area contributed by atoms with Crippen LogP contribution in [0.1, 0.15) is 15.9 Å². The van der Waals surface area contributed by atoms with Crippen LogP contribution in [0, 0.1) is 0 Å². The number of carbonyl (C=O) groups excluding carboxylic acids is 1. The van der Waals surface area contributed by atoms with Gasteiger partial charge in [0.2, 0.25) is 5.88 Å². The Bertz CT molecular complexity index is 1190. The Morgan fingerprint density at radius 1 is 1.10 bits per heavy atom.